The van der Waals surface area contributed by atoms with Gasteiger partial charge in [-0.2, -0.15) is 0 Å². The number of carbonyl (C=O) groups is 1. The first-order valence-electron chi connectivity index (χ1n) is 4.21. The van der Waals surface area contributed by atoms with Gasteiger partial charge in [0.2, 0.25) is 0 Å². The van der Waals surface area contributed by atoms with E-state index in [1.54, 1.807) is 12.1 Å². The van der Waals surface area contributed by atoms with Crippen molar-refractivity contribution in [3.8, 4) is 0 Å². The van der Waals surface area contributed by atoms with Crippen LogP contribution in [0.4, 0.5) is 0 Å². The SMILES string of the molecule is O=C1CCc2cccc(B(O)O)c21. The fourth-order valence-corrected chi connectivity index (χ4v) is 1.76. The van der Waals surface area contributed by atoms with Crippen LogP contribution in [0.2, 0.25) is 0 Å². The van der Waals surface area contributed by atoms with Crippen LogP contribution in [0.15, 0.2) is 18.2 Å². The van der Waals surface area contributed by atoms with Crippen molar-refractivity contribution in [2.45, 2.75) is 12.8 Å². The van der Waals surface area contributed by atoms with Gasteiger partial charge in [0.25, 0.3) is 0 Å². The minimum atomic E-state index is -1.54. The van der Waals surface area contributed by atoms with E-state index in [1.807, 2.05) is 6.07 Å². The van der Waals surface area contributed by atoms with Gasteiger partial charge in [0.1, 0.15) is 0 Å². The van der Waals surface area contributed by atoms with Gasteiger partial charge in [-0.25, -0.2) is 0 Å². The summed E-state index contributed by atoms with van der Waals surface area (Å²) in [5, 5.41) is 18.0. The van der Waals surface area contributed by atoms with Gasteiger partial charge in [0.05, 0.1) is 0 Å². The van der Waals surface area contributed by atoms with Crippen LogP contribution in [0.1, 0.15) is 22.3 Å². The third kappa shape index (κ3) is 1.28. The highest BCUT2D eigenvalue weighted by Gasteiger charge is 2.26. The summed E-state index contributed by atoms with van der Waals surface area (Å²) in [6.45, 7) is 0. The molecule has 0 fully saturated rings. The van der Waals surface area contributed by atoms with Crippen molar-refractivity contribution in [1.82, 2.24) is 0 Å². The minimum absolute atomic E-state index is 0.0127. The summed E-state index contributed by atoms with van der Waals surface area (Å²) in [4.78, 5) is 11.4. The molecule has 0 atom stereocenters. The normalized spacial score (nSPS) is 14.5. The van der Waals surface area contributed by atoms with Gasteiger partial charge in [-0.05, 0) is 17.4 Å². The summed E-state index contributed by atoms with van der Waals surface area (Å²) in [7, 11) is -1.54. The molecule has 66 valence electrons. The number of Topliss-reactive ketones (excluding diaryl/α,β-unsaturated/α-hetero) is 1. The Bertz CT molecular complexity index is 360. The smallest absolute Gasteiger partial charge is 0.423 e. The molecule has 1 aliphatic carbocycles. The second-order valence-electron chi connectivity index (χ2n) is 3.18. The quantitative estimate of drug-likeness (QED) is 0.566. The van der Waals surface area contributed by atoms with Crippen LogP contribution in [-0.2, 0) is 6.42 Å². The number of hydrogen-bond acceptors (Lipinski definition) is 3. The second-order valence-corrected chi connectivity index (χ2v) is 3.18. The molecule has 2 rings (SSSR count). The number of carbonyl (C=O) groups excluding carboxylic acids is 1. The molecule has 1 aromatic rings. The maximum Gasteiger partial charge on any atom is 0.489 e. The maximum absolute atomic E-state index is 11.4. The predicted octanol–water partition coefficient (Wildman–Crippen LogP) is -0.505. The first-order valence-corrected chi connectivity index (χ1v) is 4.21. The summed E-state index contributed by atoms with van der Waals surface area (Å²) >= 11 is 0. The summed E-state index contributed by atoms with van der Waals surface area (Å²) < 4.78 is 0. The van der Waals surface area contributed by atoms with Crippen LogP contribution in [0.5, 0.6) is 0 Å². The average molecular weight is 176 g/mol. The van der Waals surface area contributed by atoms with E-state index in [9.17, 15) is 4.79 Å². The van der Waals surface area contributed by atoms with Crippen molar-refractivity contribution >= 4 is 18.4 Å². The largest absolute Gasteiger partial charge is 0.489 e. The standard InChI is InChI=1S/C9H9BO3/c11-8-5-4-6-2-1-3-7(9(6)8)10(12)13/h1-3,12-13H,4-5H2. The fourth-order valence-electron chi connectivity index (χ4n) is 1.76. The zero-order valence-corrected chi connectivity index (χ0v) is 7.03. The zero-order chi connectivity index (χ0) is 9.42. The monoisotopic (exact) mass is 176 g/mol. The first-order chi connectivity index (χ1) is 6.20. The number of aryl methyl sites for hydroxylation is 1. The summed E-state index contributed by atoms with van der Waals surface area (Å²) in [5.74, 6) is 0.0127. The number of hydrogen-bond donors (Lipinski definition) is 2. The second kappa shape index (κ2) is 2.98. The molecule has 0 aromatic heterocycles. The molecule has 4 heteroatoms. The van der Waals surface area contributed by atoms with Gasteiger partial charge in [0.15, 0.2) is 5.78 Å². The lowest BCUT2D eigenvalue weighted by molar-refractivity contribution is 0.0995. The van der Waals surface area contributed by atoms with Crippen molar-refractivity contribution in [3.63, 3.8) is 0 Å². The Morgan fingerprint density at radius 1 is 1.23 bits per heavy atom. The molecule has 3 nitrogen and oxygen atoms in total. The Labute approximate surface area is 76.2 Å². The molecule has 2 N–H and O–H groups in total. The maximum atomic E-state index is 11.4. The van der Waals surface area contributed by atoms with Crippen molar-refractivity contribution < 1.29 is 14.8 Å². The van der Waals surface area contributed by atoms with Crippen molar-refractivity contribution in [1.29, 1.82) is 0 Å². The Morgan fingerprint density at radius 2 is 2.00 bits per heavy atom. The molecule has 1 aliphatic rings. The molecule has 0 spiro atoms. The van der Waals surface area contributed by atoms with E-state index in [4.69, 9.17) is 10.0 Å². The van der Waals surface area contributed by atoms with Crippen LogP contribution in [-0.4, -0.2) is 22.9 Å². The van der Waals surface area contributed by atoms with E-state index in [2.05, 4.69) is 0 Å². The van der Waals surface area contributed by atoms with Crippen LogP contribution < -0.4 is 5.46 Å². The van der Waals surface area contributed by atoms with Gasteiger partial charge in [-0.3, -0.25) is 4.79 Å². The molecule has 0 heterocycles. The Kier molecular flexibility index (Phi) is 1.94. The highest BCUT2D eigenvalue weighted by atomic mass is 16.4. The molecule has 0 unspecified atom stereocenters. The zero-order valence-electron chi connectivity index (χ0n) is 7.03. The highest BCUT2D eigenvalue weighted by Crippen LogP contribution is 2.19. The fraction of sp³-hybridized carbons (Fsp3) is 0.222. The number of fused-ring (bicyclic) bond motifs is 1. The molecule has 0 amide bonds. The summed E-state index contributed by atoms with van der Waals surface area (Å²) in [5.41, 5.74) is 1.77. The minimum Gasteiger partial charge on any atom is -0.423 e. The van der Waals surface area contributed by atoms with E-state index in [-0.39, 0.29) is 5.78 Å². The molecule has 0 saturated carbocycles. The van der Waals surface area contributed by atoms with Gasteiger partial charge in [0, 0.05) is 12.0 Å². The van der Waals surface area contributed by atoms with Gasteiger partial charge < -0.3 is 10.0 Å². The first kappa shape index (κ1) is 8.47. The Balaban J connectivity index is 2.60. The molecular weight excluding hydrogens is 167 g/mol. The van der Waals surface area contributed by atoms with Gasteiger partial charge in [-0.1, -0.05) is 18.2 Å². The van der Waals surface area contributed by atoms with Gasteiger partial charge >= 0.3 is 7.12 Å². The Morgan fingerprint density at radius 3 is 2.69 bits per heavy atom. The number of ketones is 1. The van der Waals surface area contributed by atoms with E-state index in [1.165, 1.54) is 0 Å². The van der Waals surface area contributed by atoms with E-state index in [0.29, 0.717) is 23.9 Å². The summed E-state index contributed by atoms with van der Waals surface area (Å²) in [6.07, 6.45) is 1.20. The molecule has 0 bridgehead atoms. The number of benzene rings is 1. The summed E-state index contributed by atoms with van der Waals surface area (Å²) in [6, 6.07) is 5.17. The predicted molar refractivity (Wildman–Crippen MR) is 48.9 cm³/mol. The third-order valence-electron chi connectivity index (χ3n) is 2.36. The van der Waals surface area contributed by atoms with E-state index in [0.717, 1.165) is 5.56 Å². The van der Waals surface area contributed by atoms with Crippen LogP contribution in [0, 0.1) is 0 Å². The highest BCUT2D eigenvalue weighted by molar-refractivity contribution is 6.60. The van der Waals surface area contributed by atoms with Crippen LogP contribution in [0.3, 0.4) is 0 Å². The van der Waals surface area contributed by atoms with Crippen LogP contribution in [0.25, 0.3) is 0 Å². The molecule has 0 aliphatic heterocycles. The average Bonchev–Trinajstić information content (AvgIpc) is 2.48. The molecule has 1 aromatic carbocycles. The van der Waals surface area contributed by atoms with Crippen molar-refractivity contribution in [3.05, 3.63) is 29.3 Å². The Hall–Kier alpha value is -1.13. The third-order valence-corrected chi connectivity index (χ3v) is 2.36. The van der Waals surface area contributed by atoms with E-state index >= 15 is 0 Å². The lowest BCUT2D eigenvalue weighted by Crippen LogP contribution is -2.34. The van der Waals surface area contributed by atoms with E-state index < -0.39 is 7.12 Å². The van der Waals surface area contributed by atoms with Crippen molar-refractivity contribution in [2.24, 2.45) is 0 Å². The van der Waals surface area contributed by atoms with Gasteiger partial charge in [-0.15, -0.1) is 0 Å². The molecule has 13 heavy (non-hydrogen) atoms. The lowest BCUT2D eigenvalue weighted by atomic mass is 9.76. The molecule has 0 saturated heterocycles. The topological polar surface area (TPSA) is 57.5 Å². The van der Waals surface area contributed by atoms with Crippen LogP contribution >= 0.6 is 0 Å². The number of rotatable bonds is 1. The lowest BCUT2D eigenvalue weighted by Gasteiger charge is -2.04. The van der Waals surface area contributed by atoms with Crippen molar-refractivity contribution in [2.75, 3.05) is 0 Å². The molecular formula is C9H9BO3. The molecule has 0 radical (unpaired) electrons.